The number of carbonyl (C=O) groups is 1. The third-order valence-corrected chi connectivity index (χ3v) is 3.27. The van der Waals surface area contributed by atoms with E-state index in [1.807, 2.05) is 13.8 Å². The maximum Gasteiger partial charge on any atom is 0.232 e. The molecule has 7 nitrogen and oxygen atoms in total. The van der Waals surface area contributed by atoms with Crippen LogP contribution >= 0.6 is 0 Å². The zero-order valence-corrected chi connectivity index (χ0v) is 10.9. The van der Waals surface area contributed by atoms with Crippen molar-refractivity contribution < 1.29 is 4.79 Å². The highest BCUT2D eigenvalue weighted by Gasteiger charge is 2.23. The molecule has 2 aromatic rings. The van der Waals surface area contributed by atoms with Crippen molar-refractivity contribution in [2.24, 2.45) is 0 Å². The van der Waals surface area contributed by atoms with Crippen molar-refractivity contribution in [3.63, 3.8) is 0 Å². The summed E-state index contributed by atoms with van der Waals surface area (Å²) in [5.41, 5.74) is 0.920. The van der Waals surface area contributed by atoms with Crippen molar-refractivity contribution in [2.45, 2.75) is 25.9 Å². The highest BCUT2D eigenvalue weighted by Crippen LogP contribution is 2.14. The molecule has 19 heavy (non-hydrogen) atoms. The zero-order valence-electron chi connectivity index (χ0n) is 10.9. The monoisotopic (exact) mass is 260 g/mol. The van der Waals surface area contributed by atoms with Gasteiger partial charge in [-0.15, -0.1) is 5.10 Å². The fourth-order valence-electron chi connectivity index (χ4n) is 2.06. The Bertz CT molecular complexity index is 595. The van der Waals surface area contributed by atoms with Gasteiger partial charge in [-0.2, -0.15) is 5.10 Å². The van der Waals surface area contributed by atoms with Crippen LogP contribution in [0.4, 0.5) is 0 Å². The molecule has 0 amide bonds. The van der Waals surface area contributed by atoms with Gasteiger partial charge in [0.05, 0.1) is 12.2 Å². The number of carbonyl (C=O) groups excluding carboxylic acids is 1. The maximum absolute atomic E-state index is 12.4. The minimum atomic E-state index is -0.135. The number of nitrogens with zero attached hydrogens (tertiary/aromatic N) is 5. The molecule has 0 radical (unpaired) electrons. The van der Waals surface area contributed by atoms with Gasteiger partial charge in [0.15, 0.2) is 5.69 Å². The molecular formula is C12H16N6O. The van der Waals surface area contributed by atoms with Crippen LogP contribution in [0.2, 0.25) is 0 Å². The molecule has 7 heteroatoms. The van der Waals surface area contributed by atoms with Crippen molar-refractivity contribution in [3.05, 3.63) is 29.8 Å². The maximum atomic E-state index is 12.4. The van der Waals surface area contributed by atoms with Crippen LogP contribution in [0.5, 0.6) is 0 Å². The fraction of sp³-hybridized carbons (Fsp3) is 0.500. The predicted molar refractivity (Wildman–Crippen MR) is 68.0 cm³/mol. The van der Waals surface area contributed by atoms with E-state index in [9.17, 15) is 4.79 Å². The highest BCUT2D eigenvalue weighted by molar-refractivity contribution is 6.06. The first-order chi connectivity index (χ1) is 9.16. The summed E-state index contributed by atoms with van der Waals surface area (Å²) in [7, 11) is 0. The van der Waals surface area contributed by atoms with Crippen molar-refractivity contribution >= 4 is 5.78 Å². The molecule has 0 unspecified atom stereocenters. The van der Waals surface area contributed by atoms with E-state index in [4.69, 9.17) is 0 Å². The van der Waals surface area contributed by atoms with E-state index in [-0.39, 0.29) is 11.8 Å². The molecule has 0 aliphatic carbocycles. The summed E-state index contributed by atoms with van der Waals surface area (Å²) in [6, 6.07) is 2.16. The van der Waals surface area contributed by atoms with Gasteiger partial charge in [-0.25, -0.2) is 4.68 Å². The smallest absolute Gasteiger partial charge is 0.232 e. The molecule has 1 fully saturated rings. The van der Waals surface area contributed by atoms with Crippen LogP contribution < -0.4 is 5.32 Å². The molecule has 2 aromatic heterocycles. The van der Waals surface area contributed by atoms with E-state index in [1.54, 1.807) is 27.8 Å². The van der Waals surface area contributed by atoms with E-state index in [1.165, 1.54) is 0 Å². The summed E-state index contributed by atoms with van der Waals surface area (Å²) in [5, 5.41) is 15.3. The van der Waals surface area contributed by atoms with Gasteiger partial charge in [0.2, 0.25) is 5.78 Å². The van der Waals surface area contributed by atoms with Gasteiger partial charge in [0.1, 0.15) is 5.69 Å². The van der Waals surface area contributed by atoms with Crippen LogP contribution in [0.15, 0.2) is 18.5 Å². The average molecular weight is 260 g/mol. The molecule has 100 valence electrons. The molecule has 3 heterocycles. The van der Waals surface area contributed by atoms with Crippen molar-refractivity contribution in [1.82, 2.24) is 30.1 Å². The molecule has 0 atom stereocenters. The SMILES string of the molecule is CC(C)n1nccc1C(=O)c1cn(C2CNC2)nn1. The number of ketones is 1. The molecule has 1 aliphatic rings. The number of hydrogen-bond acceptors (Lipinski definition) is 5. The van der Waals surface area contributed by atoms with Gasteiger partial charge in [0.25, 0.3) is 0 Å². The summed E-state index contributed by atoms with van der Waals surface area (Å²) in [5.74, 6) is -0.135. The van der Waals surface area contributed by atoms with Gasteiger partial charge in [-0.05, 0) is 19.9 Å². The molecule has 0 bridgehead atoms. The summed E-state index contributed by atoms with van der Waals surface area (Å²) in [4.78, 5) is 12.4. The lowest BCUT2D eigenvalue weighted by molar-refractivity contribution is 0.102. The first-order valence-electron chi connectivity index (χ1n) is 6.37. The Labute approximate surface area is 110 Å². The summed E-state index contributed by atoms with van der Waals surface area (Å²) in [6.07, 6.45) is 3.35. The van der Waals surface area contributed by atoms with Crippen LogP contribution in [0.3, 0.4) is 0 Å². The first-order valence-corrected chi connectivity index (χ1v) is 6.37. The molecule has 1 saturated heterocycles. The second kappa shape index (κ2) is 4.58. The molecule has 3 rings (SSSR count). The van der Waals surface area contributed by atoms with E-state index in [0.29, 0.717) is 17.4 Å². The van der Waals surface area contributed by atoms with Crippen molar-refractivity contribution in [3.8, 4) is 0 Å². The predicted octanol–water partition coefficient (Wildman–Crippen LogP) is 0.431. The van der Waals surface area contributed by atoms with Crippen LogP contribution in [0.1, 0.15) is 42.1 Å². The standard InChI is InChI=1S/C12H16N6O/c1-8(2)18-11(3-4-14-18)12(19)10-7-17(16-15-10)9-5-13-6-9/h3-4,7-9,13H,5-6H2,1-2H3. The van der Waals surface area contributed by atoms with Crippen molar-refractivity contribution in [1.29, 1.82) is 0 Å². The summed E-state index contributed by atoms with van der Waals surface area (Å²) in [6.45, 7) is 5.73. The average Bonchev–Trinajstić information content (AvgIpc) is 2.93. The number of hydrogen-bond donors (Lipinski definition) is 1. The second-order valence-electron chi connectivity index (χ2n) is 4.98. The zero-order chi connectivity index (χ0) is 13.4. The van der Waals surface area contributed by atoms with Crippen LogP contribution in [-0.2, 0) is 0 Å². The largest absolute Gasteiger partial charge is 0.312 e. The topological polar surface area (TPSA) is 77.6 Å². The highest BCUT2D eigenvalue weighted by atomic mass is 16.1. The second-order valence-corrected chi connectivity index (χ2v) is 4.98. The molecule has 0 aromatic carbocycles. The van der Waals surface area contributed by atoms with E-state index in [2.05, 4.69) is 20.7 Å². The minimum absolute atomic E-state index is 0.135. The third-order valence-electron chi connectivity index (χ3n) is 3.27. The Balaban J connectivity index is 1.86. The third kappa shape index (κ3) is 2.06. The van der Waals surface area contributed by atoms with Gasteiger partial charge in [0, 0.05) is 25.3 Å². The molecule has 0 spiro atoms. The first kappa shape index (κ1) is 12.0. The molecule has 1 N–H and O–H groups in total. The normalized spacial score (nSPS) is 15.7. The minimum Gasteiger partial charge on any atom is -0.312 e. The Morgan fingerprint density at radius 2 is 2.26 bits per heavy atom. The molecule has 1 aliphatic heterocycles. The van der Waals surface area contributed by atoms with Gasteiger partial charge in [-0.1, -0.05) is 5.21 Å². The van der Waals surface area contributed by atoms with E-state index in [0.717, 1.165) is 13.1 Å². The Hall–Kier alpha value is -2.02. The fourth-order valence-corrected chi connectivity index (χ4v) is 2.06. The lowest BCUT2D eigenvalue weighted by Crippen LogP contribution is -2.43. The van der Waals surface area contributed by atoms with E-state index < -0.39 is 0 Å². The molecular weight excluding hydrogens is 244 g/mol. The lowest BCUT2D eigenvalue weighted by Gasteiger charge is -2.26. The Kier molecular flexibility index (Phi) is 2.90. The van der Waals surface area contributed by atoms with E-state index >= 15 is 0 Å². The number of nitrogens with one attached hydrogen (secondary N) is 1. The number of aromatic nitrogens is 5. The molecule has 0 saturated carbocycles. The number of rotatable bonds is 4. The summed E-state index contributed by atoms with van der Waals surface area (Å²) >= 11 is 0. The quantitative estimate of drug-likeness (QED) is 0.807. The Morgan fingerprint density at radius 3 is 2.89 bits per heavy atom. The van der Waals surface area contributed by atoms with Crippen LogP contribution in [0.25, 0.3) is 0 Å². The van der Waals surface area contributed by atoms with Gasteiger partial charge < -0.3 is 5.32 Å². The van der Waals surface area contributed by atoms with Crippen LogP contribution in [-0.4, -0.2) is 43.6 Å². The lowest BCUT2D eigenvalue weighted by atomic mass is 10.2. The van der Waals surface area contributed by atoms with Gasteiger partial charge in [-0.3, -0.25) is 9.48 Å². The summed E-state index contributed by atoms with van der Waals surface area (Å²) < 4.78 is 3.45. The van der Waals surface area contributed by atoms with Crippen molar-refractivity contribution in [2.75, 3.05) is 13.1 Å². The Morgan fingerprint density at radius 1 is 1.47 bits per heavy atom. The van der Waals surface area contributed by atoms with Crippen LogP contribution in [0, 0.1) is 0 Å². The van der Waals surface area contributed by atoms with Gasteiger partial charge >= 0.3 is 0 Å².